The first-order valence-electron chi connectivity index (χ1n) is 11.5. The molecule has 184 valence electrons. The van der Waals surface area contributed by atoms with Gasteiger partial charge in [0.25, 0.3) is 11.8 Å². The predicted octanol–water partition coefficient (Wildman–Crippen LogP) is 5.01. The van der Waals surface area contributed by atoms with Gasteiger partial charge in [-0.2, -0.15) is 0 Å². The van der Waals surface area contributed by atoms with E-state index in [2.05, 4.69) is 27.5 Å². The lowest BCUT2D eigenvalue weighted by atomic mass is 10.1. The summed E-state index contributed by atoms with van der Waals surface area (Å²) >= 11 is 0. The van der Waals surface area contributed by atoms with Crippen molar-refractivity contribution in [1.29, 1.82) is 5.41 Å². The first-order valence-corrected chi connectivity index (χ1v) is 11.5. The van der Waals surface area contributed by atoms with Gasteiger partial charge in [-0.25, -0.2) is 4.98 Å². The van der Waals surface area contributed by atoms with Crippen LogP contribution in [0.4, 0.5) is 11.5 Å². The van der Waals surface area contributed by atoms with Crippen LogP contribution in [-0.4, -0.2) is 34.6 Å². The van der Waals surface area contributed by atoms with E-state index in [9.17, 15) is 9.59 Å². The Bertz CT molecular complexity index is 1460. The summed E-state index contributed by atoms with van der Waals surface area (Å²) in [4.78, 5) is 31.8. The summed E-state index contributed by atoms with van der Waals surface area (Å²) in [5.41, 5.74) is 2.48. The zero-order valence-electron chi connectivity index (χ0n) is 20.4. The average Bonchev–Trinajstić information content (AvgIpc) is 3.43. The first-order chi connectivity index (χ1) is 17.9. The Balaban J connectivity index is 1.42. The number of carbonyl (C=O) groups excluding carboxylic acids is 2. The van der Waals surface area contributed by atoms with Crippen molar-refractivity contribution in [1.82, 2.24) is 9.88 Å². The highest BCUT2D eigenvalue weighted by molar-refractivity contribution is 6.12. The second kappa shape index (κ2) is 11.5. The fourth-order valence-corrected chi connectivity index (χ4v) is 3.57. The van der Waals surface area contributed by atoms with Crippen molar-refractivity contribution in [2.45, 2.75) is 13.5 Å². The van der Waals surface area contributed by atoms with Gasteiger partial charge in [-0.15, -0.1) is 5.92 Å². The maximum absolute atomic E-state index is 12.9. The molecule has 37 heavy (non-hydrogen) atoms. The molecule has 2 heterocycles. The molecule has 0 saturated heterocycles. The summed E-state index contributed by atoms with van der Waals surface area (Å²) in [6, 6.07) is 20.6. The molecule has 2 aromatic heterocycles. The lowest BCUT2D eigenvalue weighted by Gasteiger charge is -2.19. The van der Waals surface area contributed by atoms with Gasteiger partial charge in [-0.3, -0.25) is 15.0 Å². The van der Waals surface area contributed by atoms with Crippen LogP contribution in [0.2, 0.25) is 0 Å². The summed E-state index contributed by atoms with van der Waals surface area (Å²) in [5.74, 6) is 6.35. The maximum atomic E-state index is 12.9. The number of rotatable bonds is 7. The molecule has 8 nitrogen and oxygen atoms in total. The number of carbonyl (C=O) groups is 2. The fraction of sp³-hybridized carbons (Fsp3) is 0.103. The third-order valence-corrected chi connectivity index (χ3v) is 5.47. The van der Waals surface area contributed by atoms with Crippen LogP contribution >= 0.6 is 0 Å². The number of amidine groups is 1. The van der Waals surface area contributed by atoms with E-state index in [1.807, 2.05) is 6.07 Å². The number of benzene rings is 2. The lowest BCUT2D eigenvalue weighted by Crippen LogP contribution is -2.26. The highest BCUT2D eigenvalue weighted by Gasteiger charge is 2.16. The standard InChI is InChI=1S/C29H25N5O3/c1-3-7-20-11-16-26(31-18-20)33-29(36)24-9-4-5-10-25(24)32-28(35)22-14-12-21(13-15-22)27(30)34(2)19-23-8-6-17-37-23/h4-6,8-18,30H,19H2,1-2H3,(H,32,35)(H,31,33,36). The third-order valence-electron chi connectivity index (χ3n) is 5.47. The molecule has 0 radical (unpaired) electrons. The topological polar surface area (TPSA) is 111 Å². The second-order valence-electron chi connectivity index (χ2n) is 8.12. The minimum atomic E-state index is -0.402. The number of hydrogen-bond acceptors (Lipinski definition) is 5. The Morgan fingerprint density at radius 3 is 2.38 bits per heavy atom. The SMILES string of the molecule is CC#Cc1ccc(NC(=O)c2ccccc2NC(=O)c2ccc(C(=N)N(C)Cc3ccco3)cc2)nc1. The maximum Gasteiger partial charge on any atom is 0.258 e. The van der Waals surface area contributed by atoms with Gasteiger partial charge in [-0.1, -0.05) is 30.2 Å². The van der Waals surface area contributed by atoms with E-state index in [1.54, 1.807) is 98.1 Å². The molecule has 8 heteroatoms. The smallest absolute Gasteiger partial charge is 0.258 e. The highest BCUT2D eigenvalue weighted by Crippen LogP contribution is 2.19. The Hall–Kier alpha value is -5.16. The molecule has 0 saturated carbocycles. The van der Waals surface area contributed by atoms with Crippen LogP contribution in [0.25, 0.3) is 0 Å². The number of nitrogens with zero attached hydrogens (tertiary/aromatic N) is 2. The van der Waals surface area contributed by atoms with Crippen LogP contribution in [0.3, 0.4) is 0 Å². The van der Waals surface area contributed by atoms with Crippen molar-refractivity contribution in [2.24, 2.45) is 0 Å². The monoisotopic (exact) mass is 491 g/mol. The largest absolute Gasteiger partial charge is 0.467 e. The van der Waals surface area contributed by atoms with Crippen molar-refractivity contribution in [2.75, 3.05) is 17.7 Å². The van der Waals surface area contributed by atoms with Crippen molar-refractivity contribution in [3.63, 3.8) is 0 Å². The molecule has 0 aliphatic heterocycles. The van der Waals surface area contributed by atoms with Crippen LogP contribution in [0.5, 0.6) is 0 Å². The molecule has 0 spiro atoms. The number of furan rings is 1. The Morgan fingerprint density at radius 1 is 0.946 bits per heavy atom. The van der Waals surface area contributed by atoms with Crippen LogP contribution in [-0.2, 0) is 6.54 Å². The van der Waals surface area contributed by atoms with Gasteiger partial charge >= 0.3 is 0 Å². The molecule has 2 amide bonds. The Kier molecular flexibility index (Phi) is 7.76. The number of amides is 2. The van der Waals surface area contributed by atoms with Crippen molar-refractivity contribution in [3.05, 3.63) is 113 Å². The van der Waals surface area contributed by atoms with E-state index in [4.69, 9.17) is 9.83 Å². The van der Waals surface area contributed by atoms with E-state index in [1.165, 1.54) is 0 Å². The normalized spacial score (nSPS) is 10.1. The van der Waals surface area contributed by atoms with Gasteiger partial charge < -0.3 is 20.0 Å². The van der Waals surface area contributed by atoms with Gasteiger partial charge in [-0.05, 0) is 55.5 Å². The molecule has 0 aliphatic carbocycles. The number of nitrogens with one attached hydrogen (secondary N) is 3. The minimum absolute atomic E-state index is 0.299. The highest BCUT2D eigenvalue weighted by atomic mass is 16.3. The van der Waals surface area contributed by atoms with Crippen molar-refractivity contribution >= 4 is 29.2 Å². The Morgan fingerprint density at radius 2 is 1.70 bits per heavy atom. The van der Waals surface area contributed by atoms with Crippen LogP contribution in [0, 0.1) is 17.3 Å². The number of anilines is 2. The average molecular weight is 492 g/mol. The fourth-order valence-electron chi connectivity index (χ4n) is 3.57. The van der Waals surface area contributed by atoms with E-state index in [0.717, 1.165) is 11.3 Å². The zero-order chi connectivity index (χ0) is 26.2. The van der Waals surface area contributed by atoms with Crippen LogP contribution < -0.4 is 10.6 Å². The summed E-state index contributed by atoms with van der Waals surface area (Å²) in [7, 11) is 1.80. The lowest BCUT2D eigenvalue weighted by molar-refractivity contribution is 0.102. The van der Waals surface area contributed by atoms with Crippen molar-refractivity contribution < 1.29 is 14.0 Å². The molecule has 0 unspecified atom stereocenters. The van der Waals surface area contributed by atoms with Gasteiger partial charge in [0.2, 0.25) is 0 Å². The summed E-state index contributed by atoms with van der Waals surface area (Å²) in [5, 5.41) is 14.0. The molecule has 3 N–H and O–H groups in total. The molecule has 4 rings (SSSR count). The molecule has 0 aliphatic rings. The molecule has 2 aromatic carbocycles. The molecular formula is C29H25N5O3. The van der Waals surface area contributed by atoms with Gasteiger partial charge in [0.05, 0.1) is 24.1 Å². The molecular weight excluding hydrogens is 466 g/mol. The predicted molar refractivity (Wildman–Crippen MR) is 143 cm³/mol. The number of pyridine rings is 1. The van der Waals surface area contributed by atoms with Crippen LogP contribution in [0.15, 0.2) is 89.7 Å². The molecule has 4 aromatic rings. The zero-order valence-corrected chi connectivity index (χ0v) is 20.4. The van der Waals surface area contributed by atoms with Crippen LogP contribution in [0.1, 0.15) is 44.5 Å². The molecule has 0 atom stereocenters. The minimum Gasteiger partial charge on any atom is -0.467 e. The Labute approximate surface area is 214 Å². The van der Waals surface area contributed by atoms with Gasteiger partial charge in [0, 0.05) is 29.9 Å². The summed E-state index contributed by atoms with van der Waals surface area (Å²) in [6.45, 7) is 2.20. The number of hydrogen-bond donors (Lipinski definition) is 3. The van der Waals surface area contributed by atoms with E-state index < -0.39 is 5.91 Å². The van der Waals surface area contributed by atoms with E-state index >= 15 is 0 Å². The quantitative estimate of drug-likeness (QED) is 0.191. The van der Waals surface area contributed by atoms with Gasteiger partial charge in [0.15, 0.2) is 0 Å². The molecule has 0 bridgehead atoms. The van der Waals surface area contributed by atoms with Crippen molar-refractivity contribution in [3.8, 4) is 11.8 Å². The summed E-state index contributed by atoms with van der Waals surface area (Å²) in [6.07, 6.45) is 3.18. The number of aromatic nitrogens is 1. The third kappa shape index (κ3) is 6.29. The van der Waals surface area contributed by atoms with E-state index in [-0.39, 0.29) is 5.91 Å². The van der Waals surface area contributed by atoms with Gasteiger partial charge in [0.1, 0.15) is 17.4 Å². The van der Waals surface area contributed by atoms with E-state index in [0.29, 0.717) is 40.6 Å². The second-order valence-corrected chi connectivity index (χ2v) is 8.12. The first kappa shape index (κ1) is 24.9. The summed E-state index contributed by atoms with van der Waals surface area (Å²) < 4.78 is 5.34. The number of para-hydroxylation sites is 1. The molecule has 0 fully saturated rings.